The van der Waals surface area contributed by atoms with E-state index >= 15 is 0 Å². The number of carbonyl (C=O) groups excluding carboxylic acids is 1. The van der Waals surface area contributed by atoms with Crippen molar-refractivity contribution >= 4 is 11.8 Å². The minimum Gasteiger partial charge on any atom is -0.338 e. The van der Waals surface area contributed by atoms with Crippen LogP contribution in [-0.2, 0) is 6.42 Å². The van der Waals surface area contributed by atoms with Crippen LogP contribution in [0.1, 0.15) is 32.8 Å². The van der Waals surface area contributed by atoms with E-state index in [0.29, 0.717) is 12.3 Å². The standard InChI is InChI=1S/C13H20N6O/c1-13(2,3)18-12(20)14-6-4-5-10-7-15-11-16-9-17-19(11)8-10/h7-9H,4-6H2,1-3H3,(H2,14,18,20). The zero-order valence-electron chi connectivity index (χ0n) is 12.1. The molecule has 0 unspecified atom stereocenters. The van der Waals surface area contributed by atoms with Gasteiger partial charge in [0.2, 0.25) is 0 Å². The van der Waals surface area contributed by atoms with E-state index in [9.17, 15) is 4.79 Å². The van der Waals surface area contributed by atoms with Gasteiger partial charge in [-0.2, -0.15) is 10.1 Å². The first-order valence-electron chi connectivity index (χ1n) is 6.64. The average molecular weight is 276 g/mol. The highest BCUT2D eigenvalue weighted by atomic mass is 16.2. The maximum absolute atomic E-state index is 11.6. The Kier molecular flexibility index (Phi) is 4.16. The van der Waals surface area contributed by atoms with E-state index in [1.807, 2.05) is 27.0 Å². The van der Waals surface area contributed by atoms with Gasteiger partial charge in [0.05, 0.1) is 0 Å². The molecule has 0 radical (unpaired) electrons. The summed E-state index contributed by atoms with van der Waals surface area (Å²) in [6.45, 7) is 6.47. The Hall–Kier alpha value is -2.18. The van der Waals surface area contributed by atoms with Gasteiger partial charge in [0.25, 0.3) is 5.78 Å². The molecule has 2 heterocycles. The monoisotopic (exact) mass is 276 g/mol. The van der Waals surface area contributed by atoms with Crippen LogP contribution in [0, 0.1) is 0 Å². The molecule has 7 nitrogen and oxygen atoms in total. The number of nitrogens with one attached hydrogen (secondary N) is 2. The smallest absolute Gasteiger partial charge is 0.315 e. The van der Waals surface area contributed by atoms with E-state index in [-0.39, 0.29) is 11.6 Å². The number of aromatic nitrogens is 4. The highest BCUT2D eigenvalue weighted by molar-refractivity contribution is 5.74. The lowest BCUT2D eigenvalue weighted by Gasteiger charge is -2.20. The fourth-order valence-electron chi connectivity index (χ4n) is 1.77. The summed E-state index contributed by atoms with van der Waals surface area (Å²) in [5.41, 5.74) is 0.854. The van der Waals surface area contributed by atoms with Crippen LogP contribution < -0.4 is 10.6 Å². The second kappa shape index (κ2) is 5.85. The molecule has 0 aromatic carbocycles. The maximum atomic E-state index is 11.6. The summed E-state index contributed by atoms with van der Waals surface area (Å²) in [7, 11) is 0. The Morgan fingerprint density at radius 1 is 1.35 bits per heavy atom. The molecule has 0 atom stereocenters. The molecule has 2 aromatic rings. The van der Waals surface area contributed by atoms with Crippen LogP contribution in [0.3, 0.4) is 0 Å². The van der Waals surface area contributed by atoms with Crippen molar-refractivity contribution in [2.75, 3.05) is 6.54 Å². The number of carbonyl (C=O) groups is 1. The predicted molar refractivity (Wildman–Crippen MR) is 75.4 cm³/mol. The summed E-state index contributed by atoms with van der Waals surface area (Å²) in [5, 5.41) is 9.73. The van der Waals surface area contributed by atoms with Gasteiger partial charge in [-0.25, -0.2) is 14.3 Å². The Morgan fingerprint density at radius 3 is 2.90 bits per heavy atom. The molecular formula is C13H20N6O. The van der Waals surface area contributed by atoms with Gasteiger partial charge in [0, 0.05) is 24.5 Å². The Balaban J connectivity index is 1.74. The van der Waals surface area contributed by atoms with Crippen LogP contribution in [0.25, 0.3) is 5.78 Å². The first kappa shape index (κ1) is 14.2. The zero-order valence-corrected chi connectivity index (χ0v) is 12.1. The van der Waals surface area contributed by atoms with Gasteiger partial charge in [0.1, 0.15) is 6.33 Å². The van der Waals surface area contributed by atoms with Gasteiger partial charge in [-0.3, -0.25) is 0 Å². The molecule has 0 bridgehead atoms. The molecule has 0 aliphatic carbocycles. The number of hydrogen-bond acceptors (Lipinski definition) is 4. The molecule has 2 N–H and O–H groups in total. The van der Waals surface area contributed by atoms with E-state index in [2.05, 4.69) is 25.7 Å². The number of amides is 2. The second-order valence-electron chi connectivity index (χ2n) is 5.70. The third-order valence-electron chi connectivity index (χ3n) is 2.60. The molecule has 0 aliphatic heterocycles. The van der Waals surface area contributed by atoms with Crippen molar-refractivity contribution in [1.29, 1.82) is 0 Å². The van der Waals surface area contributed by atoms with Crippen LogP contribution in [0.15, 0.2) is 18.7 Å². The molecule has 108 valence electrons. The summed E-state index contributed by atoms with van der Waals surface area (Å²) in [4.78, 5) is 19.7. The summed E-state index contributed by atoms with van der Waals surface area (Å²) in [5.74, 6) is 0.594. The van der Waals surface area contributed by atoms with Gasteiger partial charge < -0.3 is 10.6 Å². The number of fused-ring (bicyclic) bond motifs is 1. The fourth-order valence-corrected chi connectivity index (χ4v) is 1.77. The van der Waals surface area contributed by atoms with Gasteiger partial charge in [-0.15, -0.1) is 0 Å². The largest absolute Gasteiger partial charge is 0.338 e. The van der Waals surface area contributed by atoms with E-state index in [1.165, 1.54) is 6.33 Å². The van der Waals surface area contributed by atoms with Crippen LogP contribution >= 0.6 is 0 Å². The van der Waals surface area contributed by atoms with Crippen molar-refractivity contribution in [1.82, 2.24) is 30.2 Å². The molecule has 2 aromatic heterocycles. The van der Waals surface area contributed by atoms with E-state index in [4.69, 9.17) is 0 Å². The van der Waals surface area contributed by atoms with Crippen LogP contribution in [0.4, 0.5) is 4.79 Å². The molecule has 0 spiro atoms. The lowest BCUT2D eigenvalue weighted by molar-refractivity contribution is 0.232. The van der Waals surface area contributed by atoms with Gasteiger partial charge in [-0.05, 0) is 39.2 Å². The first-order chi connectivity index (χ1) is 9.44. The van der Waals surface area contributed by atoms with Crippen molar-refractivity contribution in [2.24, 2.45) is 0 Å². The molecule has 20 heavy (non-hydrogen) atoms. The second-order valence-corrected chi connectivity index (χ2v) is 5.70. The van der Waals surface area contributed by atoms with E-state index in [1.54, 1.807) is 10.7 Å². The van der Waals surface area contributed by atoms with Crippen molar-refractivity contribution < 1.29 is 4.79 Å². The SMILES string of the molecule is CC(C)(C)NC(=O)NCCCc1cnc2ncnn2c1. The Bertz CT molecular complexity index is 586. The number of aryl methyl sites for hydroxylation is 1. The summed E-state index contributed by atoms with van der Waals surface area (Å²) in [6, 6.07) is -0.137. The molecule has 0 aliphatic rings. The topological polar surface area (TPSA) is 84.2 Å². The van der Waals surface area contributed by atoms with Crippen LogP contribution in [-0.4, -0.2) is 37.7 Å². The number of hydrogen-bond donors (Lipinski definition) is 2. The first-order valence-corrected chi connectivity index (χ1v) is 6.64. The van der Waals surface area contributed by atoms with Crippen LogP contribution in [0.2, 0.25) is 0 Å². The zero-order chi connectivity index (χ0) is 14.6. The van der Waals surface area contributed by atoms with E-state index in [0.717, 1.165) is 18.4 Å². The van der Waals surface area contributed by atoms with Gasteiger partial charge in [0.15, 0.2) is 0 Å². The van der Waals surface area contributed by atoms with Crippen molar-refractivity contribution in [3.8, 4) is 0 Å². The average Bonchev–Trinajstić information content (AvgIpc) is 2.79. The molecule has 2 rings (SSSR count). The van der Waals surface area contributed by atoms with Gasteiger partial charge >= 0.3 is 6.03 Å². The minimum absolute atomic E-state index is 0.137. The third kappa shape index (κ3) is 4.18. The molecule has 2 amide bonds. The quantitative estimate of drug-likeness (QED) is 0.821. The number of nitrogens with zero attached hydrogens (tertiary/aromatic N) is 4. The minimum atomic E-state index is -0.216. The normalized spacial score (nSPS) is 11.6. The Morgan fingerprint density at radius 2 is 2.15 bits per heavy atom. The van der Waals surface area contributed by atoms with E-state index < -0.39 is 0 Å². The van der Waals surface area contributed by atoms with Crippen molar-refractivity contribution in [3.05, 3.63) is 24.3 Å². The van der Waals surface area contributed by atoms with Gasteiger partial charge in [-0.1, -0.05) is 0 Å². The molecule has 0 fully saturated rings. The number of urea groups is 1. The van der Waals surface area contributed by atoms with Crippen molar-refractivity contribution in [2.45, 2.75) is 39.2 Å². The van der Waals surface area contributed by atoms with Crippen LogP contribution in [0.5, 0.6) is 0 Å². The summed E-state index contributed by atoms with van der Waals surface area (Å²) >= 11 is 0. The predicted octanol–water partition coefficient (Wildman–Crippen LogP) is 1.15. The highest BCUT2D eigenvalue weighted by Crippen LogP contribution is 2.02. The Labute approximate surface area is 117 Å². The molecule has 7 heteroatoms. The molecule has 0 saturated carbocycles. The lowest BCUT2D eigenvalue weighted by Crippen LogP contribution is -2.46. The molecular weight excluding hydrogens is 256 g/mol. The summed E-state index contributed by atoms with van der Waals surface area (Å²) in [6.07, 6.45) is 6.85. The summed E-state index contributed by atoms with van der Waals surface area (Å²) < 4.78 is 1.65. The highest BCUT2D eigenvalue weighted by Gasteiger charge is 2.12. The maximum Gasteiger partial charge on any atom is 0.315 e. The number of rotatable bonds is 4. The third-order valence-corrected chi connectivity index (χ3v) is 2.60. The van der Waals surface area contributed by atoms with Crippen molar-refractivity contribution in [3.63, 3.8) is 0 Å². The molecule has 0 saturated heterocycles. The fraction of sp³-hybridized carbons (Fsp3) is 0.538. The lowest BCUT2D eigenvalue weighted by atomic mass is 10.1.